The van der Waals surface area contributed by atoms with E-state index in [1.165, 1.54) is 17.5 Å². The zero-order chi connectivity index (χ0) is 12.6. The first-order valence-corrected chi connectivity index (χ1v) is 7.21. The minimum absolute atomic E-state index is 0.214. The first-order valence-electron chi connectivity index (χ1n) is 6.83. The standard InChI is InChI=1S/C15H20ClNO/c16-13-4-2-11-1-3-12(10-17)15(14(11)9-13)5-7-18-8-6-15/h2,4,9,12H,1,3,5-8,10,17H2. The van der Waals surface area contributed by atoms with Gasteiger partial charge in [-0.25, -0.2) is 0 Å². The number of nitrogens with two attached hydrogens (primary N) is 1. The van der Waals surface area contributed by atoms with Gasteiger partial charge in [-0.2, -0.15) is 0 Å². The molecular weight excluding hydrogens is 246 g/mol. The van der Waals surface area contributed by atoms with Crippen LogP contribution in [-0.4, -0.2) is 19.8 Å². The number of hydrogen-bond acceptors (Lipinski definition) is 2. The number of benzene rings is 1. The Bertz CT molecular complexity index is 440. The fraction of sp³-hybridized carbons (Fsp3) is 0.600. The molecule has 1 unspecified atom stereocenters. The van der Waals surface area contributed by atoms with Crippen molar-refractivity contribution in [1.82, 2.24) is 0 Å². The van der Waals surface area contributed by atoms with Crippen LogP contribution in [0.3, 0.4) is 0 Å². The molecule has 1 fully saturated rings. The molecule has 0 bridgehead atoms. The average Bonchev–Trinajstić information content (AvgIpc) is 2.41. The normalized spacial score (nSPS) is 26.0. The quantitative estimate of drug-likeness (QED) is 0.847. The van der Waals surface area contributed by atoms with Gasteiger partial charge in [-0.05, 0) is 61.4 Å². The molecule has 0 aromatic heterocycles. The van der Waals surface area contributed by atoms with Gasteiger partial charge in [0.1, 0.15) is 0 Å². The van der Waals surface area contributed by atoms with Gasteiger partial charge >= 0.3 is 0 Å². The third-order valence-corrected chi connectivity index (χ3v) is 5.06. The molecule has 1 aromatic carbocycles. The summed E-state index contributed by atoms with van der Waals surface area (Å²) in [6.45, 7) is 2.47. The van der Waals surface area contributed by atoms with Crippen LogP contribution in [0.15, 0.2) is 18.2 Å². The molecule has 1 aliphatic heterocycles. The fourth-order valence-electron chi connectivity index (χ4n) is 3.81. The van der Waals surface area contributed by atoms with E-state index < -0.39 is 0 Å². The lowest BCUT2D eigenvalue weighted by molar-refractivity contribution is 0.0215. The zero-order valence-electron chi connectivity index (χ0n) is 10.6. The molecular formula is C15H20ClNO. The van der Waals surface area contributed by atoms with Crippen LogP contribution in [0.4, 0.5) is 0 Å². The number of hydrogen-bond donors (Lipinski definition) is 1. The lowest BCUT2D eigenvalue weighted by Gasteiger charge is -2.47. The van der Waals surface area contributed by atoms with Gasteiger partial charge in [-0.15, -0.1) is 0 Å². The van der Waals surface area contributed by atoms with Crippen LogP contribution >= 0.6 is 11.6 Å². The highest BCUT2D eigenvalue weighted by molar-refractivity contribution is 6.30. The SMILES string of the molecule is NCC1CCc2ccc(Cl)cc2C12CCOCC2. The van der Waals surface area contributed by atoms with Crippen molar-refractivity contribution in [3.8, 4) is 0 Å². The fourth-order valence-corrected chi connectivity index (χ4v) is 3.98. The van der Waals surface area contributed by atoms with E-state index in [1.54, 1.807) is 0 Å². The van der Waals surface area contributed by atoms with Crippen molar-refractivity contribution in [2.24, 2.45) is 11.7 Å². The van der Waals surface area contributed by atoms with Gasteiger partial charge in [0.2, 0.25) is 0 Å². The van der Waals surface area contributed by atoms with Gasteiger partial charge < -0.3 is 10.5 Å². The van der Waals surface area contributed by atoms with Gasteiger partial charge in [0.05, 0.1) is 0 Å². The molecule has 3 heteroatoms. The van der Waals surface area contributed by atoms with Crippen LogP contribution in [-0.2, 0) is 16.6 Å². The van der Waals surface area contributed by atoms with Crippen molar-refractivity contribution in [2.75, 3.05) is 19.8 Å². The summed E-state index contributed by atoms with van der Waals surface area (Å²) in [4.78, 5) is 0. The minimum Gasteiger partial charge on any atom is -0.381 e. The van der Waals surface area contributed by atoms with E-state index >= 15 is 0 Å². The van der Waals surface area contributed by atoms with Crippen molar-refractivity contribution >= 4 is 11.6 Å². The highest BCUT2D eigenvalue weighted by Crippen LogP contribution is 2.48. The van der Waals surface area contributed by atoms with Crippen LogP contribution in [0.25, 0.3) is 0 Å². The summed E-state index contributed by atoms with van der Waals surface area (Å²) in [5, 5.41) is 0.845. The predicted molar refractivity (Wildman–Crippen MR) is 74.0 cm³/mol. The van der Waals surface area contributed by atoms with Crippen LogP contribution in [0.5, 0.6) is 0 Å². The van der Waals surface area contributed by atoms with Gasteiger partial charge in [0, 0.05) is 23.7 Å². The van der Waals surface area contributed by atoms with Gasteiger partial charge in [0.15, 0.2) is 0 Å². The summed E-state index contributed by atoms with van der Waals surface area (Å²) in [5.74, 6) is 0.576. The summed E-state index contributed by atoms with van der Waals surface area (Å²) in [6.07, 6.45) is 4.51. The molecule has 2 nitrogen and oxygen atoms in total. The number of ether oxygens (including phenoxy) is 1. The molecule has 1 aromatic rings. The second-order valence-corrected chi connectivity index (χ2v) is 5.98. The average molecular weight is 266 g/mol. The van der Waals surface area contributed by atoms with E-state index in [0.29, 0.717) is 5.92 Å². The molecule has 1 atom stereocenters. The summed E-state index contributed by atoms with van der Waals surface area (Å²) >= 11 is 6.21. The molecule has 3 rings (SSSR count). The summed E-state index contributed by atoms with van der Waals surface area (Å²) in [7, 11) is 0. The second-order valence-electron chi connectivity index (χ2n) is 5.54. The lowest BCUT2D eigenvalue weighted by Crippen LogP contribution is -2.46. The Morgan fingerprint density at radius 2 is 2.11 bits per heavy atom. The van der Waals surface area contributed by atoms with E-state index in [-0.39, 0.29) is 5.41 Å². The van der Waals surface area contributed by atoms with Crippen LogP contribution < -0.4 is 5.73 Å². The largest absolute Gasteiger partial charge is 0.381 e. The van der Waals surface area contributed by atoms with Crippen LogP contribution in [0.1, 0.15) is 30.4 Å². The third kappa shape index (κ3) is 1.87. The molecule has 1 heterocycles. The maximum Gasteiger partial charge on any atom is 0.0474 e. The zero-order valence-corrected chi connectivity index (χ0v) is 11.4. The molecule has 0 saturated carbocycles. The summed E-state index contributed by atoms with van der Waals surface area (Å²) < 4.78 is 5.56. The minimum atomic E-state index is 0.214. The number of rotatable bonds is 1. The maximum atomic E-state index is 6.21. The van der Waals surface area contributed by atoms with Crippen molar-refractivity contribution in [3.63, 3.8) is 0 Å². The molecule has 98 valence electrons. The van der Waals surface area contributed by atoms with E-state index in [2.05, 4.69) is 12.1 Å². The predicted octanol–water partition coefficient (Wildman–Crippen LogP) is 2.91. The van der Waals surface area contributed by atoms with E-state index in [4.69, 9.17) is 22.1 Å². The second kappa shape index (κ2) is 4.84. The monoisotopic (exact) mass is 265 g/mol. The topological polar surface area (TPSA) is 35.2 Å². The Labute approximate surface area is 113 Å². The molecule has 1 spiro atoms. The number of aryl methyl sites for hydroxylation is 1. The summed E-state index contributed by atoms with van der Waals surface area (Å²) in [5.41, 5.74) is 9.15. The first-order chi connectivity index (χ1) is 8.76. The van der Waals surface area contributed by atoms with Crippen molar-refractivity contribution < 1.29 is 4.74 Å². The summed E-state index contributed by atoms with van der Waals surface area (Å²) in [6, 6.07) is 6.38. The van der Waals surface area contributed by atoms with E-state index in [0.717, 1.165) is 44.0 Å². The van der Waals surface area contributed by atoms with E-state index in [1.807, 2.05) is 6.07 Å². The number of halogens is 1. The van der Waals surface area contributed by atoms with Crippen molar-refractivity contribution in [2.45, 2.75) is 31.1 Å². The Morgan fingerprint density at radius 3 is 2.83 bits per heavy atom. The smallest absolute Gasteiger partial charge is 0.0474 e. The lowest BCUT2D eigenvalue weighted by atomic mass is 9.59. The Kier molecular flexibility index (Phi) is 3.35. The molecule has 1 aliphatic carbocycles. The Balaban J connectivity index is 2.10. The molecule has 18 heavy (non-hydrogen) atoms. The number of fused-ring (bicyclic) bond motifs is 2. The van der Waals surface area contributed by atoms with E-state index in [9.17, 15) is 0 Å². The molecule has 2 N–H and O–H groups in total. The van der Waals surface area contributed by atoms with Crippen molar-refractivity contribution in [3.05, 3.63) is 34.3 Å². The van der Waals surface area contributed by atoms with Gasteiger partial charge in [-0.1, -0.05) is 17.7 Å². The molecule has 1 saturated heterocycles. The first kappa shape index (κ1) is 12.5. The third-order valence-electron chi connectivity index (χ3n) is 4.82. The van der Waals surface area contributed by atoms with Crippen molar-refractivity contribution in [1.29, 1.82) is 0 Å². The van der Waals surface area contributed by atoms with Gasteiger partial charge in [-0.3, -0.25) is 0 Å². The molecule has 2 aliphatic rings. The van der Waals surface area contributed by atoms with Gasteiger partial charge in [0.25, 0.3) is 0 Å². The highest BCUT2D eigenvalue weighted by atomic mass is 35.5. The Morgan fingerprint density at radius 1 is 1.33 bits per heavy atom. The molecule has 0 amide bonds. The maximum absolute atomic E-state index is 6.21. The van der Waals surface area contributed by atoms with Crippen LogP contribution in [0, 0.1) is 5.92 Å². The highest BCUT2D eigenvalue weighted by Gasteiger charge is 2.44. The Hall–Kier alpha value is -0.570. The van der Waals surface area contributed by atoms with Crippen LogP contribution in [0.2, 0.25) is 5.02 Å². The molecule has 0 radical (unpaired) electrons.